The SMILES string of the molecule is O=C(c1c[nH]c(=S)n1-c1ccccc1)N1CCN(c2cccc(Cl)c2)CC1. The second-order valence-corrected chi connectivity index (χ2v) is 7.23. The standard InChI is InChI=1S/C20H19ClN4OS/c21-15-5-4-8-17(13-15)23-9-11-24(12-10-23)19(26)18-14-22-20(27)25(18)16-6-2-1-3-7-16/h1-8,13-14H,9-12H2,(H,22,27). The molecule has 1 aliphatic rings. The fraction of sp³-hybridized carbons (Fsp3) is 0.200. The van der Waals surface area contributed by atoms with Gasteiger partial charge in [-0.3, -0.25) is 9.36 Å². The molecule has 1 saturated heterocycles. The van der Waals surface area contributed by atoms with Gasteiger partial charge in [0.2, 0.25) is 0 Å². The fourth-order valence-electron chi connectivity index (χ4n) is 3.36. The fourth-order valence-corrected chi connectivity index (χ4v) is 3.81. The van der Waals surface area contributed by atoms with Crippen LogP contribution in [0.2, 0.25) is 5.02 Å². The molecule has 1 aliphatic heterocycles. The number of amides is 1. The third kappa shape index (κ3) is 3.63. The zero-order chi connectivity index (χ0) is 18.8. The number of nitrogens with one attached hydrogen (secondary N) is 1. The summed E-state index contributed by atoms with van der Waals surface area (Å²) in [7, 11) is 0. The molecule has 1 amide bonds. The summed E-state index contributed by atoms with van der Waals surface area (Å²) < 4.78 is 2.31. The molecule has 7 heteroatoms. The Labute approximate surface area is 167 Å². The van der Waals surface area contributed by atoms with Crippen molar-refractivity contribution >= 4 is 35.4 Å². The van der Waals surface area contributed by atoms with Gasteiger partial charge < -0.3 is 14.8 Å². The van der Waals surface area contributed by atoms with Gasteiger partial charge in [0.05, 0.1) is 0 Å². The normalized spacial score (nSPS) is 14.4. The van der Waals surface area contributed by atoms with Crippen LogP contribution in [0.3, 0.4) is 0 Å². The minimum absolute atomic E-state index is 0.0167. The van der Waals surface area contributed by atoms with Crippen molar-refractivity contribution in [2.75, 3.05) is 31.1 Å². The van der Waals surface area contributed by atoms with Crippen LogP contribution in [0.5, 0.6) is 0 Å². The summed E-state index contributed by atoms with van der Waals surface area (Å²) in [5.74, 6) is -0.0167. The number of para-hydroxylation sites is 1. The lowest BCUT2D eigenvalue weighted by molar-refractivity contribution is 0.0738. The van der Waals surface area contributed by atoms with Crippen molar-refractivity contribution in [1.29, 1.82) is 0 Å². The highest BCUT2D eigenvalue weighted by Gasteiger charge is 2.25. The van der Waals surface area contributed by atoms with Gasteiger partial charge in [-0.2, -0.15) is 0 Å². The molecule has 2 aromatic carbocycles. The lowest BCUT2D eigenvalue weighted by Crippen LogP contribution is -2.49. The van der Waals surface area contributed by atoms with Gasteiger partial charge >= 0.3 is 0 Å². The number of piperazine rings is 1. The van der Waals surface area contributed by atoms with Crippen LogP contribution in [-0.2, 0) is 0 Å². The number of carbonyl (C=O) groups is 1. The largest absolute Gasteiger partial charge is 0.368 e. The molecule has 0 aliphatic carbocycles. The minimum atomic E-state index is -0.0167. The van der Waals surface area contributed by atoms with Crippen LogP contribution in [0.25, 0.3) is 5.69 Å². The number of benzene rings is 2. The second kappa shape index (κ2) is 7.58. The average molecular weight is 399 g/mol. The van der Waals surface area contributed by atoms with Gasteiger partial charge in [-0.05, 0) is 42.5 Å². The minimum Gasteiger partial charge on any atom is -0.368 e. The van der Waals surface area contributed by atoms with E-state index in [4.69, 9.17) is 23.8 Å². The number of nitrogens with zero attached hydrogens (tertiary/aromatic N) is 3. The third-order valence-electron chi connectivity index (χ3n) is 4.75. The van der Waals surface area contributed by atoms with Crippen molar-refractivity contribution in [1.82, 2.24) is 14.5 Å². The van der Waals surface area contributed by atoms with Crippen LogP contribution >= 0.6 is 23.8 Å². The predicted molar refractivity (Wildman–Crippen MR) is 111 cm³/mol. The van der Waals surface area contributed by atoms with E-state index in [1.807, 2.05) is 59.5 Å². The van der Waals surface area contributed by atoms with Crippen LogP contribution < -0.4 is 4.90 Å². The van der Waals surface area contributed by atoms with Crippen molar-refractivity contribution in [3.8, 4) is 5.69 Å². The Morgan fingerprint density at radius 1 is 0.963 bits per heavy atom. The summed E-state index contributed by atoms with van der Waals surface area (Å²) in [6.45, 7) is 2.83. The van der Waals surface area contributed by atoms with Gasteiger partial charge in [0.1, 0.15) is 5.69 Å². The summed E-state index contributed by atoms with van der Waals surface area (Å²) in [6, 6.07) is 17.5. The number of carbonyl (C=O) groups excluding carboxylic acids is 1. The van der Waals surface area contributed by atoms with E-state index in [0.29, 0.717) is 23.6 Å². The maximum absolute atomic E-state index is 13.1. The molecule has 0 bridgehead atoms. The highest BCUT2D eigenvalue weighted by atomic mass is 35.5. The maximum Gasteiger partial charge on any atom is 0.272 e. The molecule has 1 fully saturated rings. The second-order valence-electron chi connectivity index (χ2n) is 6.41. The summed E-state index contributed by atoms with van der Waals surface area (Å²) in [6.07, 6.45) is 1.70. The molecule has 3 aromatic rings. The summed E-state index contributed by atoms with van der Waals surface area (Å²) in [5, 5.41) is 0.722. The Bertz CT molecular complexity index is 1010. The summed E-state index contributed by atoms with van der Waals surface area (Å²) in [4.78, 5) is 20.2. The number of rotatable bonds is 3. The quantitative estimate of drug-likeness (QED) is 0.674. The maximum atomic E-state index is 13.1. The first kappa shape index (κ1) is 17.8. The Morgan fingerprint density at radius 3 is 2.37 bits per heavy atom. The number of hydrogen-bond donors (Lipinski definition) is 1. The smallest absolute Gasteiger partial charge is 0.272 e. The molecule has 27 heavy (non-hydrogen) atoms. The highest BCUT2D eigenvalue weighted by molar-refractivity contribution is 7.71. The number of H-pyrrole nitrogens is 1. The van der Waals surface area contributed by atoms with Gasteiger partial charge in [-0.15, -0.1) is 0 Å². The molecule has 4 rings (SSSR count). The Kier molecular flexibility index (Phi) is 5.01. The van der Waals surface area contributed by atoms with Crippen LogP contribution in [0.4, 0.5) is 5.69 Å². The molecule has 1 aromatic heterocycles. The third-order valence-corrected chi connectivity index (χ3v) is 5.29. The van der Waals surface area contributed by atoms with Crippen LogP contribution in [0.1, 0.15) is 10.5 Å². The van der Waals surface area contributed by atoms with Crippen molar-refractivity contribution in [3.05, 3.63) is 76.3 Å². The molecule has 2 heterocycles. The zero-order valence-corrected chi connectivity index (χ0v) is 16.2. The monoisotopic (exact) mass is 398 g/mol. The lowest BCUT2D eigenvalue weighted by Gasteiger charge is -2.36. The number of hydrogen-bond acceptors (Lipinski definition) is 3. The number of halogens is 1. The Balaban J connectivity index is 1.52. The number of aromatic amines is 1. The van der Waals surface area contributed by atoms with Gasteiger partial charge in [-0.25, -0.2) is 0 Å². The summed E-state index contributed by atoms with van der Waals surface area (Å²) >= 11 is 11.5. The van der Waals surface area contributed by atoms with Gasteiger partial charge in [-0.1, -0.05) is 35.9 Å². The molecule has 1 N–H and O–H groups in total. The number of aromatic nitrogens is 2. The first-order valence-electron chi connectivity index (χ1n) is 8.79. The van der Waals surface area contributed by atoms with E-state index >= 15 is 0 Å². The molecule has 138 valence electrons. The molecule has 0 radical (unpaired) electrons. The average Bonchev–Trinajstić information content (AvgIpc) is 3.09. The number of imidazole rings is 1. The molecule has 5 nitrogen and oxygen atoms in total. The van der Waals surface area contributed by atoms with E-state index in [9.17, 15) is 4.79 Å². The molecular weight excluding hydrogens is 380 g/mol. The van der Waals surface area contributed by atoms with Crippen LogP contribution in [0.15, 0.2) is 60.8 Å². The zero-order valence-electron chi connectivity index (χ0n) is 14.6. The van der Waals surface area contributed by atoms with E-state index in [2.05, 4.69) is 9.88 Å². The molecule has 0 atom stereocenters. The molecule has 0 unspecified atom stereocenters. The van der Waals surface area contributed by atoms with E-state index < -0.39 is 0 Å². The molecule has 0 saturated carbocycles. The summed E-state index contributed by atoms with van der Waals surface area (Å²) in [5.41, 5.74) is 2.52. The van der Waals surface area contributed by atoms with Gasteiger partial charge in [0.25, 0.3) is 5.91 Å². The molecule has 0 spiro atoms. The Hall–Kier alpha value is -2.57. The first-order valence-corrected chi connectivity index (χ1v) is 9.58. The first-order chi connectivity index (χ1) is 13.1. The van der Waals surface area contributed by atoms with Gasteiger partial charge in [0.15, 0.2) is 4.77 Å². The van der Waals surface area contributed by atoms with E-state index in [1.165, 1.54) is 0 Å². The van der Waals surface area contributed by atoms with E-state index in [0.717, 1.165) is 29.5 Å². The van der Waals surface area contributed by atoms with Gasteiger partial charge in [0, 0.05) is 48.8 Å². The highest BCUT2D eigenvalue weighted by Crippen LogP contribution is 2.22. The van der Waals surface area contributed by atoms with Crippen LogP contribution in [0, 0.1) is 4.77 Å². The van der Waals surface area contributed by atoms with Crippen molar-refractivity contribution in [2.45, 2.75) is 0 Å². The number of anilines is 1. The van der Waals surface area contributed by atoms with E-state index in [1.54, 1.807) is 10.8 Å². The van der Waals surface area contributed by atoms with E-state index in [-0.39, 0.29) is 5.91 Å². The van der Waals surface area contributed by atoms with Crippen LogP contribution in [-0.4, -0.2) is 46.5 Å². The van der Waals surface area contributed by atoms with Crippen molar-refractivity contribution in [3.63, 3.8) is 0 Å². The van der Waals surface area contributed by atoms with Crippen molar-refractivity contribution in [2.24, 2.45) is 0 Å². The van der Waals surface area contributed by atoms with Crippen molar-refractivity contribution < 1.29 is 4.79 Å². The predicted octanol–water partition coefficient (Wildman–Crippen LogP) is 4.15. The molecular formula is C20H19ClN4OS. The lowest BCUT2D eigenvalue weighted by atomic mass is 10.2. The Morgan fingerprint density at radius 2 is 1.67 bits per heavy atom. The topological polar surface area (TPSA) is 44.3 Å².